The zero-order valence-corrected chi connectivity index (χ0v) is 8.75. The molecule has 80 valence electrons. The van der Waals surface area contributed by atoms with Crippen LogP contribution in [0.1, 0.15) is 25.7 Å². The van der Waals surface area contributed by atoms with E-state index in [-0.39, 0.29) is 24.1 Å². The Morgan fingerprint density at radius 1 is 1.43 bits per heavy atom. The Hall–Kier alpha value is -0.130. The number of nitrogens with two attached hydrogens (primary N) is 1. The van der Waals surface area contributed by atoms with Gasteiger partial charge in [0.1, 0.15) is 0 Å². The number of halogens is 2. The molecule has 1 aliphatic carbocycles. The summed E-state index contributed by atoms with van der Waals surface area (Å²) in [5.41, 5.74) is 1.24. The zero-order valence-electron chi connectivity index (χ0n) is 7.93. The first kappa shape index (κ1) is 10.4. The molecule has 1 saturated carbocycles. The van der Waals surface area contributed by atoms with Crippen LogP contribution in [0.15, 0.2) is 11.0 Å². The Bertz CT molecular complexity index is 245. The van der Waals surface area contributed by atoms with Gasteiger partial charge >= 0.3 is 0 Å². The highest BCUT2D eigenvalue weighted by molar-refractivity contribution is 7.95. The van der Waals surface area contributed by atoms with Gasteiger partial charge in [-0.15, -0.1) is 9.86 Å². The average molecular weight is 221 g/mol. The Kier molecular flexibility index (Phi) is 2.81. The van der Waals surface area contributed by atoms with Crippen LogP contribution in [0.2, 0.25) is 0 Å². The summed E-state index contributed by atoms with van der Waals surface area (Å²) in [6, 6.07) is 0. The van der Waals surface area contributed by atoms with E-state index in [2.05, 4.69) is 4.72 Å². The molecule has 2 rings (SSSR count). The van der Waals surface area contributed by atoms with Gasteiger partial charge in [0.15, 0.2) is 16.7 Å². The van der Waals surface area contributed by atoms with Gasteiger partial charge in [0.05, 0.1) is 6.54 Å². The van der Waals surface area contributed by atoms with E-state index in [1.165, 1.54) is 5.57 Å². The lowest BCUT2D eigenvalue weighted by molar-refractivity contribution is -0.0421. The predicted molar refractivity (Wildman–Crippen MR) is 54.5 cm³/mol. The standard InChI is InChI=1S/C9H14F2N2S/c10-9(11)3-1-7(2-4-9)8-5-13-14(12)6-8/h6-7H,1-5H2,(H2,12,13)/p+1. The van der Waals surface area contributed by atoms with Crippen molar-refractivity contribution in [2.45, 2.75) is 31.6 Å². The SMILES string of the molecule is N[S+]1C=C(C2CCC(F)(F)CC2)CN1. The van der Waals surface area contributed by atoms with Crippen LogP contribution in [0.4, 0.5) is 8.78 Å². The van der Waals surface area contributed by atoms with Crippen molar-refractivity contribution in [3.05, 3.63) is 11.0 Å². The first-order valence-corrected chi connectivity index (χ1v) is 6.21. The number of hydrogen-bond donors (Lipinski definition) is 2. The van der Waals surface area contributed by atoms with Crippen LogP contribution in [0.3, 0.4) is 0 Å². The van der Waals surface area contributed by atoms with Gasteiger partial charge in [-0.25, -0.2) is 8.78 Å². The van der Waals surface area contributed by atoms with Gasteiger partial charge in [-0.1, -0.05) is 0 Å². The van der Waals surface area contributed by atoms with Crippen molar-refractivity contribution in [3.63, 3.8) is 0 Å². The molecule has 0 bridgehead atoms. The van der Waals surface area contributed by atoms with Crippen molar-refractivity contribution in [3.8, 4) is 0 Å². The van der Waals surface area contributed by atoms with Crippen molar-refractivity contribution < 1.29 is 8.78 Å². The molecular formula is C9H15F2N2S+. The second-order valence-electron chi connectivity index (χ2n) is 4.02. The smallest absolute Gasteiger partial charge is 0.207 e. The summed E-state index contributed by atoms with van der Waals surface area (Å²) in [6.07, 6.45) is 1.29. The molecule has 3 N–H and O–H groups in total. The number of nitrogens with one attached hydrogen (secondary N) is 1. The highest BCUT2D eigenvalue weighted by Crippen LogP contribution is 2.39. The van der Waals surface area contributed by atoms with E-state index in [9.17, 15) is 8.78 Å². The Balaban J connectivity index is 1.93. The summed E-state index contributed by atoms with van der Waals surface area (Å²) >= 11 is -0.323. The van der Waals surface area contributed by atoms with E-state index < -0.39 is 5.92 Å². The molecule has 0 aromatic heterocycles. The Morgan fingerprint density at radius 2 is 2.07 bits per heavy atom. The number of rotatable bonds is 1. The van der Waals surface area contributed by atoms with E-state index in [0.29, 0.717) is 18.8 Å². The molecule has 1 fully saturated rings. The highest BCUT2D eigenvalue weighted by atomic mass is 32.2. The molecule has 2 aliphatic rings. The monoisotopic (exact) mass is 221 g/mol. The van der Waals surface area contributed by atoms with Gasteiger partial charge in [0.25, 0.3) is 0 Å². The fraction of sp³-hybridized carbons (Fsp3) is 0.778. The lowest BCUT2D eigenvalue weighted by Crippen LogP contribution is -2.27. The fourth-order valence-corrected chi connectivity index (χ4v) is 3.08. The topological polar surface area (TPSA) is 38.0 Å². The summed E-state index contributed by atoms with van der Waals surface area (Å²) in [5.74, 6) is -2.09. The fourth-order valence-electron chi connectivity index (χ4n) is 2.06. The number of alkyl halides is 2. The lowest BCUT2D eigenvalue weighted by Gasteiger charge is -2.27. The van der Waals surface area contributed by atoms with Crippen molar-refractivity contribution in [1.29, 1.82) is 0 Å². The normalized spacial score (nSPS) is 33.1. The van der Waals surface area contributed by atoms with Crippen molar-refractivity contribution >= 4 is 11.3 Å². The van der Waals surface area contributed by atoms with Crippen molar-refractivity contribution in [1.82, 2.24) is 4.72 Å². The molecule has 2 nitrogen and oxygen atoms in total. The largest absolute Gasteiger partial charge is 0.248 e. The van der Waals surface area contributed by atoms with E-state index in [1.54, 1.807) is 0 Å². The van der Waals surface area contributed by atoms with Crippen LogP contribution in [0.5, 0.6) is 0 Å². The van der Waals surface area contributed by atoms with E-state index >= 15 is 0 Å². The molecule has 0 amide bonds. The summed E-state index contributed by atoms with van der Waals surface area (Å²) < 4.78 is 28.9. The van der Waals surface area contributed by atoms with Crippen molar-refractivity contribution in [2.75, 3.05) is 6.54 Å². The third kappa shape index (κ3) is 2.27. The quantitative estimate of drug-likeness (QED) is 0.661. The maximum atomic E-state index is 12.9. The summed E-state index contributed by atoms with van der Waals surface area (Å²) in [4.78, 5) is 0. The predicted octanol–water partition coefficient (Wildman–Crippen LogP) is 1.71. The first-order chi connectivity index (χ1) is 6.57. The zero-order chi connectivity index (χ0) is 10.2. The molecule has 0 aromatic carbocycles. The molecule has 0 aromatic rings. The van der Waals surface area contributed by atoms with Gasteiger partial charge in [-0.2, -0.15) is 0 Å². The molecule has 1 unspecified atom stereocenters. The van der Waals surface area contributed by atoms with E-state index in [0.717, 1.165) is 6.54 Å². The molecule has 5 heteroatoms. The van der Waals surface area contributed by atoms with E-state index in [4.69, 9.17) is 5.14 Å². The third-order valence-electron chi connectivity index (χ3n) is 2.96. The summed E-state index contributed by atoms with van der Waals surface area (Å²) in [6.45, 7) is 0.788. The molecule has 1 heterocycles. The molecule has 1 aliphatic heterocycles. The minimum atomic E-state index is -2.42. The van der Waals surface area contributed by atoms with Gasteiger partial charge in [0.2, 0.25) is 5.92 Å². The van der Waals surface area contributed by atoms with Crippen LogP contribution in [-0.2, 0) is 11.3 Å². The van der Waals surface area contributed by atoms with Crippen LogP contribution in [-0.4, -0.2) is 12.5 Å². The molecular weight excluding hydrogens is 206 g/mol. The van der Waals surface area contributed by atoms with Gasteiger partial charge < -0.3 is 0 Å². The maximum Gasteiger partial charge on any atom is 0.248 e. The lowest BCUT2D eigenvalue weighted by atomic mass is 9.82. The van der Waals surface area contributed by atoms with Gasteiger partial charge in [-0.05, 0) is 18.8 Å². The molecule has 0 spiro atoms. The second kappa shape index (κ2) is 3.79. The second-order valence-corrected chi connectivity index (χ2v) is 5.28. The highest BCUT2D eigenvalue weighted by Gasteiger charge is 2.38. The minimum Gasteiger partial charge on any atom is -0.207 e. The molecule has 14 heavy (non-hydrogen) atoms. The van der Waals surface area contributed by atoms with Crippen LogP contribution in [0, 0.1) is 5.92 Å². The Labute approximate surface area is 85.5 Å². The van der Waals surface area contributed by atoms with Gasteiger partial charge in [-0.3, -0.25) is 0 Å². The van der Waals surface area contributed by atoms with Gasteiger partial charge in [0, 0.05) is 18.4 Å². The van der Waals surface area contributed by atoms with Crippen LogP contribution < -0.4 is 9.86 Å². The van der Waals surface area contributed by atoms with E-state index in [1.807, 2.05) is 5.41 Å². The minimum absolute atomic E-state index is 0.0351. The maximum absolute atomic E-state index is 12.9. The molecule has 0 radical (unpaired) electrons. The first-order valence-electron chi connectivity index (χ1n) is 4.86. The summed E-state index contributed by atoms with van der Waals surface area (Å²) in [5, 5.41) is 7.69. The Morgan fingerprint density at radius 3 is 2.57 bits per heavy atom. The molecule has 1 atom stereocenters. The summed E-state index contributed by atoms with van der Waals surface area (Å²) in [7, 11) is 0. The van der Waals surface area contributed by atoms with Crippen LogP contribution >= 0.6 is 0 Å². The van der Waals surface area contributed by atoms with Crippen LogP contribution in [0.25, 0.3) is 0 Å². The third-order valence-corrected chi connectivity index (χ3v) is 4.00. The average Bonchev–Trinajstić information content (AvgIpc) is 2.52. The van der Waals surface area contributed by atoms with Crippen molar-refractivity contribution in [2.24, 2.45) is 11.1 Å². The number of hydrogen-bond acceptors (Lipinski definition) is 2. The molecule has 0 saturated heterocycles.